The number of ether oxygens (including phenoxy) is 1. The lowest BCUT2D eigenvalue weighted by molar-refractivity contribution is -0.130. The number of aryl methyl sites for hydroxylation is 1. The monoisotopic (exact) mass is 410 g/mol. The third-order valence-corrected chi connectivity index (χ3v) is 5.75. The molecule has 0 aromatic heterocycles. The van der Waals surface area contributed by atoms with E-state index in [1.54, 1.807) is 19.1 Å². The maximum Gasteiger partial charge on any atom is 0.240 e. The predicted molar refractivity (Wildman–Crippen MR) is 105 cm³/mol. The number of hydrogen-bond donors (Lipinski definition) is 1. The van der Waals surface area contributed by atoms with Gasteiger partial charge in [0.15, 0.2) is 0 Å². The van der Waals surface area contributed by atoms with E-state index in [1.807, 2.05) is 25.1 Å². The summed E-state index contributed by atoms with van der Waals surface area (Å²) >= 11 is 5.77. The molecule has 8 heteroatoms. The number of rotatable bonds is 8. The number of sulfonamides is 1. The van der Waals surface area contributed by atoms with Crippen LogP contribution in [0.5, 0.6) is 5.75 Å². The van der Waals surface area contributed by atoms with Crippen LogP contribution in [0.2, 0.25) is 5.02 Å². The van der Waals surface area contributed by atoms with Crippen molar-refractivity contribution >= 4 is 27.5 Å². The number of methoxy groups -OCH3 is 1. The second-order valence-corrected chi connectivity index (χ2v) is 8.37. The minimum atomic E-state index is -3.67. The van der Waals surface area contributed by atoms with Crippen molar-refractivity contribution in [3.63, 3.8) is 0 Å². The summed E-state index contributed by atoms with van der Waals surface area (Å²) in [4.78, 5) is 14.0. The first-order valence-electron chi connectivity index (χ1n) is 8.35. The number of halogens is 1. The Labute approximate surface area is 165 Å². The van der Waals surface area contributed by atoms with Gasteiger partial charge < -0.3 is 9.64 Å². The van der Waals surface area contributed by atoms with Gasteiger partial charge in [0.25, 0.3) is 0 Å². The first kappa shape index (κ1) is 21.2. The molecule has 0 radical (unpaired) electrons. The summed E-state index contributed by atoms with van der Waals surface area (Å²) < 4.78 is 32.2. The van der Waals surface area contributed by atoms with Gasteiger partial charge in [0, 0.05) is 37.1 Å². The molecule has 0 saturated carbocycles. The van der Waals surface area contributed by atoms with Gasteiger partial charge in [-0.2, -0.15) is 0 Å². The molecule has 1 N–H and O–H groups in total. The van der Waals surface area contributed by atoms with Crippen molar-refractivity contribution in [2.24, 2.45) is 0 Å². The largest absolute Gasteiger partial charge is 0.496 e. The number of carbonyl (C=O) groups is 1. The lowest BCUT2D eigenvalue weighted by Crippen LogP contribution is -2.32. The van der Waals surface area contributed by atoms with Crippen LogP contribution in [0.3, 0.4) is 0 Å². The molecule has 146 valence electrons. The van der Waals surface area contributed by atoms with Crippen molar-refractivity contribution in [3.8, 4) is 5.75 Å². The van der Waals surface area contributed by atoms with E-state index in [2.05, 4.69) is 4.72 Å². The molecular weight excluding hydrogens is 388 g/mol. The SMILES string of the molecule is COc1ccc(C)cc1CN(C)C(=O)CCNS(=O)(=O)c1ccc(Cl)cc1. The number of hydrogen-bond acceptors (Lipinski definition) is 4. The molecule has 0 aliphatic carbocycles. The maximum absolute atomic E-state index is 12.3. The van der Waals surface area contributed by atoms with Crippen molar-refractivity contribution in [1.82, 2.24) is 9.62 Å². The molecule has 0 heterocycles. The fourth-order valence-electron chi connectivity index (χ4n) is 2.55. The van der Waals surface area contributed by atoms with Gasteiger partial charge in [0.05, 0.1) is 12.0 Å². The van der Waals surface area contributed by atoms with Crippen molar-refractivity contribution < 1.29 is 17.9 Å². The van der Waals surface area contributed by atoms with Crippen LogP contribution in [0, 0.1) is 6.92 Å². The molecule has 2 aromatic rings. The van der Waals surface area contributed by atoms with Gasteiger partial charge >= 0.3 is 0 Å². The average molecular weight is 411 g/mol. The number of amides is 1. The maximum atomic E-state index is 12.3. The molecule has 0 unspecified atom stereocenters. The van der Waals surface area contributed by atoms with Crippen LogP contribution in [0.4, 0.5) is 0 Å². The summed E-state index contributed by atoms with van der Waals surface area (Å²) in [6, 6.07) is 11.6. The zero-order valence-corrected chi connectivity index (χ0v) is 17.1. The predicted octanol–water partition coefficient (Wildman–Crippen LogP) is 2.98. The zero-order chi connectivity index (χ0) is 20.0. The summed E-state index contributed by atoms with van der Waals surface area (Å²) in [7, 11) is -0.410. The average Bonchev–Trinajstić information content (AvgIpc) is 2.62. The quantitative estimate of drug-likeness (QED) is 0.725. The minimum absolute atomic E-state index is 0.0130. The van der Waals surface area contributed by atoms with E-state index in [1.165, 1.54) is 24.3 Å². The Morgan fingerprint density at radius 1 is 1.19 bits per heavy atom. The van der Waals surface area contributed by atoms with Gasteiger partial charge in [-0.15, -0.1) is 0 Å². The Bertz CT molecular complexity index is 898. The molecule has 0 saturated heterocycles. The topological polar surface area (TPSA) is 75.7 Å². The molecule has 0 fully saturated rings. The third kappa shape index (κ3) is 5.95. The third-order valence-electron chi connectivity index (χ3n) is 4.02. The Balaban J connectivity index is 1.91. The summed E-state index contributed by atoms with van der Waals surface area (Å²) in [6.45, 7) is 2.36. The van der Waals surface area contributed by atoms with Crippen LogP contribution in [0.1, 0.15) is 17.5 Å². The highest BCUT2D eigenvalue weighted by Gasteiger charge is 2.16. The van der Waals surface area contributed by atoms with Crippen LogP contribution in [-0.4, -0.2) is 39.9 Å². The zero-order valence-electron chi connectivity index (χ0n) is 15.5. The molecule has 2 aromatic carbocycles. The fraction of sp³-hybridized carbons (Fsp3) is 0.316. The van der Waals surface area contributed by atoms with Crippen LogP contribution in [0.25, 0.3) is 0 Å². The summed E-state index contributed by atoms with van der Waals surface area (Å²) in [6.07, 6.45) is 0.0530. The van der Waals surface area contributed by atoms with E-state index in [0.717, 1.165) is 11.1 Å². The molecule has 0 bridgehead atoms. The minimum Gasteiger partial charge on any atom is -0.496 e. The highest BCUT2D eigenvalue weighted by atomic mass is 35.5. The van der Waals surface area contributed by atoms with E-state index in [9.17, 15) is 13.2 Å². The molecule has 27 heavy (non-hydrogen) atoms. The van der Waals surface area contributed by atoms with Gasteiger partial charge in [0.2, 0.25) is 15.9 Å². The van der Waals surface area contributed by atoms with E-state index in [0.29, 0.717) is 17.3 Å². The van der Waals surface area contributed by atoms with E-state index >= 15 is 0 Å². The van der Waals surface area contributed by atoms with Gasteiger partial charge in [-0.1, -0.05) is 29.3 Å². The summed E-state index contributed by atoms with van der Waals surface area (Å²) in [5, 5.41) is 0.456. The highest BCUT2D eigenvalue weighted by molar-refractivity contribution is 7.89. The first-order valence-corrected chi connectivity index (χ1v) is 10.2. The van der Waals surface area contributed by atoms with Crippen molar-refractivity contribution in [1.29, 1.82) is 0 Å². The van der Waals surface area contributed by atoms with Crippen LogP contribution in [-0.2, 0) is 21.4 Å². The van der Waals surface area contributed by atoms with E-state index in [4.69, 9.17) is 16.3 Å². The lowest BCUT2D eigenvalue weighted by Gasteiger charge is -2.19. The molecule has 0 aliphatic heterocycles. The van der Waals surface area contributed by atoms with Gasteiger partial charge in [0.1, 0.15) is 5.75 Å². The number of benzene rings is 2. The molecule has 2 rings (SSSR count). The lowest BCUT2D eigenvalue weighted by atomic mass is 10.1. The smallest absolute Gasteiger partial charge is 0.240 e. The van der Waals surface area contributed by atoms with Gasteiger partial charge in [-0.25, -0.2) is 13.1 Å². The molecule has 0 atom stereocenters. The fourth-order valence-corrected chi connectivity index (χ4v) is 3.71. The van der Waals surface area contributed by atoms with E-state index in [-0.39, 0.29) is 23.8 Å². The Hall–Kier alpha value is -2.09. The summed E-state index contributed by atoms with van der Waals surface area (Å²) in [5.41, 5.74) is 1.97. The Kier molecular flexibility index (Phi) is 7.24. The molecule has 1 amide bonds. The van der Waals surface area contributed by atoms with Gasteiger partial charge in [-0.05, 0) is 37.3 Å². The molecule has 0 spiro atoms. The molecular formula is C19H23ClN2O4S. The second-order valence-electron chi connectivity index (χ2n) is 6.17. The van der Waals surface area contributed by atoms with E-state index < -0.39 is 10.0 Å². The van der Waals surface area contributed by atoms with Crippen LogP contribution < -0.4 is 9.46 Å². The Morgan fingerprint density at radius 2 is 1.85 bits per heavy atom. The van der Waals surface area contributed by atoms with Crippen LogP contribution >= 0.6 is 11.6 Å². The first-order chi connectivity index (χ1) is 12.7. The number of nitrogens with zero attached hydrogens (tertiary/aromatic N) is 1. The molecule has 6 nitrogen and oxygen atoms in total. The second kappa shape index (κ2) is 9.21. The summed E-state index contributed by atoms with van der Waals surface area (Å²) in [5.74, 6) is 0.543. The van der Waals surface area contributed by atoms with Crippen LogP contribution in [0.15, 0.2) is 47.4 Å². The normalized spacial score (nSPS) is 11.3. The van der Waals surface area contributed by atoms with Crippen molar-refractivity contribution in [3.05, 3.63) is 58.6 Å². The standard InChI is InChI=1S/C19H23ClN2O4S/c1-14-4-9-18(26-3)15(12-14)13-22(2)19(23)10-11-21-27(24,25)17-7-5-16(20)6-8-17/h4-9,12,21H,10-11,13H2,1-3H3. The highest BCUT2D eigenvalue weighted by Crippen LogP contribution is 2.21. The number of nitrogens with one attached hydrogen (secondary N) is 1. The molecule has 0 aliphatic rings. The van der Waals surface area contributed by atoms with Crippen molar-refractivity contribution in [2.45, 2.75) is 24.8 Å². The van der Waals surface area contributed by atoms with Gasteiger partial charge in [-0.3, -0.25) is 4.79 Å². The van der Waals surface area contributed by atoms with Crippen molar-refractivity contribution in [2.75, 3.05) is 20.7 Å². The number of carbonyl (C=O) groups excluding carboxylic acids is 1. The Morgan fingerprint density at radius 3 is 2.48 bits per heavy atom.